The Bertz CT molecular complexity index is 1020. The predicted molar refractivity (Wildman–Crippen MR) is 108 cm³/mol. The van der Waals surface area contributed by atoms with Gasteiger partial charge in [-0.05, 0) is 43.2 Å². The number of amides is 2. The second-order valence-corrected chi connectivity index (χ2v) is 8.70. The number of rotatable bonds is 3. The van der Waals surface area contributed by atoms with E-state index in [1.165, 1.54) is 0 Å². The highest BCUT2D eigenvalue weighted by Gasteiger charge is 2.44. The van der Waals surface area contributed by atoms with Gasteiger partial charge in [-0.2, -0.15) is 0 Å². The van der Waals surface area contributed by atoms with Crippen LogP contribution in [-0.4, -0.2) is 57.3 Å². The molecule has 0 unspecified atom stereocenters. The van der Waals surface area contributed by atoms with E-state index in [0.717, 1.165) is 38.9 Å². The number of aromatic nitrogens is 2. The van der Waals surface area contributed by atoms with E-state index in [2.05, 4.69) is 14.9 Å². The van der Waals surface area contributed by atoms with Crippen molar-refractivity contribution in [2.75, 3.05) is 19.6 Å². The molecular weight excluding hydrogens is 368 g/mol. The smallest absolute Gasteiger partial charge is 0.258 e. The lowest BCUT2D eigenvalue weighted by Gasteiger charge is -2.52. The Balaban J connectivity index is 1.25. The topological polar surface area (TPSA) is 86.4 Å². The van der Waals surface area contributed by atoms with E-state index in [-0.39, 0.29) is 11.5 Å². The van der Waals surface area contributed by atoms with Crippen molar-refractivity contribution in [1.29, 1.82) is 0 Å². The van der Waals surface area contributed by atoms with Crippen molar-refractivity contribution in [3.05, 3.63) is 40.4 Å². The Kier molecular flexibility index (Phi) is 4.60. The van der Waals surface area contributed by atoms with Gasteiger partial charge in [0, 0.05) is 44.9 Å². The summed E-state index contributed by atoms with van der Waals surface area (Å²) in [5, 5.41) is 0.568. The number of nitrogens with one attached hydrogen (secondary N) is 1. The van der Waals surface area contributed by atoms with Gasteiger partial charge in [0.2, 0.25) is 11.8 Å². The van der Waals surface area contributed by atoms with E-state index in [9.17, 15) is 14.4 Å². The molecule has 2 bridgehead atoms. The van der Waals surface area contributed by atoms with Crippen LogP contribution in [0.25, 0.3) is 10.9 Å². The third-order valence-electron chi connectivity index (χ3n) is 6.77. The van der Waals surface area contributed by atoms with E-state index >= 15 is 0 Å². The Labute approximate surface area is 169 Å². The lowest BCUT2D eigenvalue weighted by Crippen LogP contribution is -2.61. The summed E-state index contributed by atoms with van der Waals surface area (Å²) in [5.74, 6) is 1.75. The van der Waals surface area contributed by atoms with E-state index in [1.807, 2.05) is 23.1 Å². The summed E-state index contributed by atoms with van der Waals surface area (Å²) in [6, 6.07) is 7.55. The number of hydrogen-bond acceptors (Lipinski definition) is 4. The lowest BCUT2D eigenvalue weighted by atomic mass is 9.76. The lowest BCUT2D eigenvalue weighted by molar-refractivity contribution is -0.148. The number of aromatic amines is 1. The van der Waals surface area contributed by atoms with E-state index in [1.54, 1.807) is 6.07 Å². The summed E-state index contributed by atoms with van der Waals surface area (Å²) in [4.78, 5) is 48.8. The highest BCUT2D eigenvalue weighted by molar-refractivity contribution is 5.79. The minimum Gasteiger partial charge on any atom is -0.342 e. The molecule has 5 rings (SSSR count). The molecule has 29 heavy (non-hydrogen) atoms. The highest BCUT2D eigenvalue weighted by Crippen LogP contribution is 2.38. The third-order valence-corrected chi connectivity index (χ3v) is 6.77. The van der Waals surface area contributed by atoms with Crippen LogP contribution in [0.5, 0.6) is 0 Å². The number of hydrogen-bond donors (Lipinski definition) is 1. The average molecular weight is 394 g/mol. The van der Waals surface area contributed by atoms with Crippen molar-refractivity contribution >= 4 is 22.7 Å². The van der Waals surface area contributed by atoms with Crippen molar-refractivity contribution in [1.82, 2.24) is 19.8 Å². The van der Waals surface area contributed by atoms with Crippen LogP contribution in [0, 0.1) is 11.8 Å². The van der Waals surface area contributed by atoms with E-state index < -0.39 is 0 Å². The van der Waals surface area contributed by atoms with Gasteiger partial charge < -0.3 is 14.8 Å². The first kappa shape index (κ1) is 18.3. The second-order valence-electron chi connectivity index (χ2n) is 8.70. The zero-order valence-corrected chi connectivity index (χ0v) is 16.5. The van der Waals surface area contributed by atoms with Crippen LogP contribution in [0.3, 0.4) is 0 Å². The van der Waals surface area contributed by atoms with E-state index in [0.29, 0.717) is 59.8 Å². The molecule has 3 fully saturated rings. The van der Waals surface area contributed by atoms with Crippen molar-refractivity contribution < 1.29 is 9.59 Å². The molecule has 3 saturated heterocycles. The first-order chi connectivity index (χ1) is 14.1. The summed E-state index contributed by atoms with van der Waals surface area (Å²) in [6.07, 6.45) is 4.60. The first-order valence-corrected chi connectivity index (χ1v) is 10.6. The zero-order chi connectivity index (χ0) is 20.0. The summed E-state index contributed by atoms with van der Waals surface area (Å²) >= 11 is 0. The molecule has 3 aliphatic rings. The number of benzene rings is 1. The molecule has 2 amide bonds. The Morgan fingerprint density at radius 1 is 1.17 bits per heavy atom. The minimum absolute atomic E-state index is 0.117. The average Bonchev–Trinajstić information content (AvgIpc) is 2.73. The van der Waals surface area contributed by atoms with Crippen LogP contribution in [-0.2, 0) is 16.0 Å². The number of likely N-dealkylation sites (tertiary alicyclic amines) is 1. The number of H-pyrrole nitrogens is 1. The summed E-state index contributed by atoms with van der Waals surface area (Å²) in [7, 11) is 0. The Hall–Kier alpha value is -2.70. The molecule has 0 spiro atoms. The fourth-order valence-electron chi connectivity index (χ4n) is 5.45. The number of para-hydroxylation sites is 1. The van der Waals surface area contributed by atoms with Crippen molar-refractivity contribution in [3.8, 4) is 0 Å². The van der Waals surface area contributed by atoms with Gasteiger partial charge in [-0.15, -0.1) is 0 Å². The van der Waals surface area contributed by atoms with Crippen LogP contribution < -0.4 is 5.56 Å². The molecule has 0 saturated carbocycles. The normalized spacial score (nSPS) is 26.5. The third kappa shape index (κ3) is 3.43. The van der Waals surface area contributed by atoms with Gasteiger partial charge in [0.15, 0.2) is 0 Å². The number of aryl methyl sites for hydroxylation is 1. The molecule has 1 aromatic heterocycles. The molecule has 4 heterocycles. The monoisotopic (exact) mass is 394 g/mol. The van der Waals surface area contributed by atoms with Gasteiger partial charge in [0.1, 0.15) is 5.82 Å². The fourth-order valence-corrected chi connectivity index (χ4v) is 5.45. The number of nitrogens with zero attached hydrogens (tertiary/aromatic N) is 3. The Morgan fingerprint density at radius 2 is 2.03 bits per heavy atom. The molecule has 1 aromatic carbocycles. The van der Waals surface area contributed by atoms with Gasteiger partial charge >= 0.3 is 0 Å². The van der Waals surface area contributed by atoms with Gasteiger partial charge in [-0.1, -0.05) is 12.1 Å². The summed E-state index contributed by atoms with van der Waals surface area (Å²) in [5.41, 5.74) is 0.501. The van der Waals surface area contributed by atoms with Gasteiger partial charge in [0.05, 0.1) is 10.9 Å². The zero-order valence-electron chi connectivity index (χ0n) is 16.5. The van der Waals surface area contributed by atoms with Gasteiger partial charge in [-0.3, -0.25) is 14.4 Å². The standard InChI is InChI=1S/C22H26N4O3/c27-20(9-8-19-23-17-5-2-1-4-16(17)22(29)24-19)25-11-14-10-15(13-25)18-6-3-7-21(28)26(18)12-14/h1-2,4-5,14-15,18H,3,6-13H2,(H,23,24,29)/t14-,15+,18+/m1/s1. The highest BCUT2D eigenvalue weighted by atomic mass is 16.2. The molecule has 7 nitrogen and oxygen atoms in total. The minimum atomic E-state index is -0.160. The largest absolute Gasteiger partial charge is 0.342 e. The maximum absolute atomic E-state index is 12.9. The number of fused-ring (bicyclic) bond motifs is 5. The molecule has 0 radical (unpaired) electrons. The van der Waals surface area contributed by atoms with Crippen LogP contribution in [0.2, 0.25) is 0 Å². The number of carbonyl (C=O) groups is 2. The molecule has 1 N–H and O–H groups in total. The second kappa shape index (κ2) is 7.28. The molecule has 2 aromatic rings. The maximum atomic E-state index is 12.9. The van der Waals surface area contributed by atoms with Crippen molar-refractivity contribution in [2.45, 2.75) is 44.6 Å². The number of carbonyl (C=O) groups excluding carboxylic acids is 2. The fraction of sp³-hybridized carbons (Fsp3) is 0.545. The van der Waals surface area contributed by atoms with Crippen LogP contribution in [0.4, 0.5) is 0 Å². The predicted octanol–water partition coefficient (Wildman–Crippen LogP) is 1.72. The van der Waals surface area contributed by atoms with Crippen LogP contribution in [0.1, 0.15) is 37.9 Å². The van der Waals surface area contributed by atoms with Crippen molar-refractivity contribution in [2.24, 2.45) is 11.8 Å². The maximum Gasteiger partial charge on any atom is 0.258 e. The van der Waals surface area contributed by atoms with Crippen LogP contribution in [0.15, 0.2) is 29.1 Å². The first-order valence-electron chi connectivity index (χ1n) is 10.6. The summed E-state index contributed by atoms with van der Waals surface area (Å²) in [6.45, 7) is 2.27. The van der Waals surface area contributed by atoms with Gasteiger partial charge in [0.25, 0.3) is 5.56 Å². The number of piperidine rings is 3. The van der Waals surface area contributed by atoms with Gasteiger partial charge in [-0.25, -0.2) is 4.98 Å². The van der Waals surface area contributed by atoms with Crippen LogP contribution >= 0.6 is 0 Å². The molecule has 152 valence electrons. The molecule has 7 heteroatoms. The van der Waals surface area contributed by atoms with E-state index in [4.69, 9.17) is 0 Å². The SMILES string of the molecule is O=C(CCc1nc2ccccc2c(=O)[nH]1)N1C[C@H]2C[C@@H](C1)[C@@H]1CCCC(=O)N1C2. The quantitative estimate of drug-likeness (QED) is 0.859. The molecule has 0 aliphatic carbocycles. The molecular formula is C22H26N4O3. The Morgan fingerprint density at radius 3 is 2.93 bits per heavy atom. The molecule has 3 aliphatic heterocycles. The molecule has 3 atom stereocenters. The van der Waals surface area contributed by atoms with Crippen molar-refractivity contribution in [3.63, 3.8) is 0 Å². The summed E-state index contributed by atoms with van der Waals surface area (Å²) < 4.78 is 0.